The molecule has 0 aliphatic carbocycles. The molecule has 4 rings (SSSR count). The molecule has 0 bridgehead atoms. The van der Waals surface area contributed by atoms with Crippen molar-refractivity contribution in [3.63, 3.8) is 0 Å². The highest BCUT2D eigenvalue weighted by Gasteiger charge is 2.20. The molecule has 1 atom stereocenters. The summed E-state index contributed by atoms with van der Waals surface area (Å²) in [5.41, 5.74) is 3.83. The van der Waals surface area contributed by atoms with Crippen LogP contribution in [0.5, 0.6) is 0 Å². The molecule has 0 radical (unpaired) electrons. The molecule has 0 fully saturated rings. The Balaban J connectivity index is 1.49. The van der Waals surface area contributed by atoms with Crippen LogP contribution in [0, 0.1) is 19.7 Å². The van der Waals surface area contributed by atoms with Gasteiger partial charge in [-0.1, -0.05) is 48.2 Å². The fraction of sp³-hybridized carbons (Fsp3) is 0.182. The van der Waals surface area contributed by atoms with E-state index < -0.39 is 0 Å². The zero-order valence-electron chi connectivity index (χ0n) is 16.9. The van der Waals surface area contributed by atoms with Gasteiger partial charge < -0.3 is 5.32 Å². The minimum absolute atomic E-state index is 0.147. The monoisotopic (exact) mass is 453 g/mol. The van der Waals surface area contributed by atoms with Gasteiger partial charge in [-0.3, -0.25) is 4.79 Å². The van der Waals surface area contributed by atoms with Crippen molar-refractivity contribution in [1.82, 2.24) is 25.5 Å². The number of thioether (sulfide) groups is 1. The van der Waals surface area contributed by atoms with Gasteiger partial charge in [-0.2, -0.15) is 4.68 Å². The second-order valence-corrected chi connectivity index (χ2v) is 8.89. The summed E-state index contributed by atoms with van der Waals surface area (Å²) in [5.74, 6) is -0.327. The van der Waals surface area contributed by atoms with Gasteiger partial charge in [-0.25, -0.2) is 4.39 Å². The van der Waals surface area contributed by atoms with Crippen LogP contribution in [-0.2, 0) is 4.79 Å². The number of carbonyl (C=O) groups is 1. The summed E-state index contributed by atoms with van der Waals surface area (Å²) in [6, 6.07) is 15.7. The smallest absolute Gasteiger partial charge is 0.231 e. The van der Waals surface area contributed by atoms with E-state index in [4.69, 9.17) is 0 Å². The molecule has 9 heteroatoms. The van der Waals surface area contributed by atoms with E-state index in [1.807, 2.05) is 49.6 Å². The summed E-state index contributed by atoms with van der Waals surface area (Å²) in [4.78, 5) is 13.8. The van der Waals surface area contributed by atoms with Gasteiger partial charge in [0.1, 0.15) is 5.82 Å². The highest BCUT2D eigenvalue weighted by Crippen LogP contribution is 2.27. The van der Waals surface area contributed by atoms with Crippen LogP contribution < -0.4 is 5.32 Å². The number of rotatable bonds is 7. The van der Waals surface area contributed by atoms with Gasteiger partial charge in [0.05, 0.1) is 17.5 Å². The van der Waals surface area contributed by atoms with E-state index in [1.165, 1.54) is 35.2 Å². The zero-order chi connectivity index (χ0) is 21.8. The Labute approximate surface area is 187 Å². The quantitative estimate of drug-likeness (QED) is 0.418. The highest BCUT2D eigenvalue weighted by molar-refractivity contribution is 7.99. The van der Waals surface area contributed by atoms with E-state index in [9.17, 15) is 9.18 Å². The van der Waals surface area contributed by atoms with Gasteiger partial charge in [-0.15, -0.1) is 16.4 Å². The minimum Gasteiger partial charge on any atom is -0.344 e. The Morgan fingerprint density at radius 1 is 1.13 bits per heavy atom. The van der Waals surface area contributed by atoms with Crippen LogP contribution in [0.2, 0.25) is 0 Å². The molecule has 2 heterocycles. The molecular formula is C22H20FN5OS2. The Bertz CT molecular complexity index is 1150. The summed E-state index contributed by atoms with van der Waals surface area (Å²) >= 11 is 2.81. The lowest BCUT2D eigenvalue weighted by atomic mass is 10.1. The molecule has 2 aromatic carbocycles. The molecule has 31 heavy (non-hydrogen) atoms. The number of carbonyl (C=O) groups excluding carboxylic acids is 1. The zero-order valence-corrected chi connectivity index (χ0v) is 18.6. The van der Waals surface area contributed by atoms with Crippen LogP contribution in [0.15, 0.2) is 65.1 Å². The highest BCUT2D eigenvalue weighted by atomic mass is 32.2. The number of hydrogen-bond acceptors (Lipinski definition) is 6. The fourth-order valence-corrected chi connectivity index (χ4v) is 4.80. The van der Waals surface area contributed by atoms with Crippen molar-refractivity contribution < 1.29 is 9.18 Å². The van der Waals surface area contributed by atoms with Crippen molar-refractivity contribution in [3.8, 4) is 5.69 Å². The molecule has 1 N–H and O–H groups in total. The predicted octanol–water partition coefficient (Wildman–Crippen LogP) is 4.48. The number of nitrogens with zero attached hydrogens (tertiary/aromatic N) is 4. The third-order valence-electron chi connectivity index (χ3n) is 4.76. The van der Waals surface area contributed by atoms with Gasteiger partial charge >= 0.3 is 0 Å². The first-order valence-electron chi connectivity index (χ1n) is 9.59. The lowest BCUT2D eigenvalue weighted by Crippen LogP contribution is -2.30. The summed E-state index contributed by atoms with van der Waals surface area (Å²) in [5, 5.41) is 17.5. The number of aromatic nitrogens is 4. The lowest BCUT2D eigenvalue weighted by molar-refractivity contribution is -0.119. The minimum atomic E-state index is -0.344. The maximum absolute atomic E-state index is 13.4. The first kappa shape index (κ1) is 21.2. The van der Waals surface area contributed by atoms with E-state index in [0.29, 0.717) is 5.16 Å². The number of benzene rings is 2. The number of tetrazole rings is 1. The Morgan fingerprint density at radius 3 is 2.55 bits per heavy atom. The number of nitrogens with one attached hydrogen (secondary N) is 1. The first-order valence-corrected chi connectivity index (χ1v) is 11.5. The SMILES string of the molecule is Cc1cccc(C)c1-n1nnnc1SCC(=O)N[C@H](c1ccc(F)cc1)c1cccs1. The van der Waals surface area contributed by atoms with Crippen molar-refractivity contribution >= 4 is 29.0 Å². The van der Waals surface area contributed by atoms with Crippen LogP contribution >= 0.6 is 23.1 Å². The number of hydrogen-bond donors (Lipinski definition) is 1. The van der Waals surface area contributed by atoms with Gasteiger partial charge in [0.2, 0.25) is 11.1 Å². The van der Waals surface area contributed by atoms with Crippen molar-refractivity contribution in [2.24, 2.45) is 0 Å². The van der Waals surface area contributed by atoms with Crippen LogP contribution in [0.1, 0.15) is 27.6 Å². The van der Waals surface area contributed by atoms with E-state index in [-0.39, 0.29) is 23.5 Å². The molecule has 2 aromatic heterocycles. The molecule has 4 aromatic rings. The fourth-order valence-electron chi connectivity index (χ4n) is 3.31. The van der Waals surface area contributed by atoms with Gasteiger partial charge in [0, 0.05) is 4.88 Å². The van der Waals surface area contributed by atoms with Crippen LogP contribution in [-0.4, -0.2) is 31.9 Å². The van der Waals surface area contributed by atoms with E-state index in [2.05, 4.69) is 20.8 Å². The molecule has 0 unspecified atom stereocenters. The molecule has 0 aliphatic rings. The topological polar surface area (TPSA) is 72.7 Å². The number of amides is 1. The third-order valence-corrected chi connectivity index (χ3v) is 6.62. The summed E-state index contributed by atoms with van der Waals surface area (Å²) in [6.45, 7) is 4.00. The van der Waals surface area contributed by atoms with Crippen molar-refractivity contribution in [2.75, 3.05) is 5.75 Å². The first-order chi connectivity index (χ1) is 15.0. The molecule has 158 valence electrons. The van der Waals surface area contributed by atoms with Crippen LogP contribution in [0.3, 0.4) is 0 Å². The molecule has 0 aliphatic heterocycles. The maximum atomic E-state index is 13.4. The Kier molecular flexibility index (Phi) is 6.43. The van der Waals surface area contributed by atoms with E-state index in [1.54, 1.807) is 16.8 Å². The maximum Gasteiger partial charge on any atom is 0.231 e. The predicted molar refractivity (Wildman–Crippen MR) is 120 cm³/mol. The van der Waals surface area contributed by atoms with Crippen LogP contribution in [0.25, 0.3) is 5.69 Å². The molecule has 0 saturated carbocycles. The van der Waals surface area contributed by atoms with Gasteiger partial charge in [0.25, 0.3) is 0 Å². The molecule has 0 spiro atoms. The second kappa shape index (κ2) is 9.40. The van der Waals surface area contributed by atoms with E-state index >= 15 is 0 Å². The van der Waals surface area contributed by atoms with Crippen molar-refractivity contribution in [1.29, 1.82) is 0 Å². The molecule has 0 saturated heterocycles. The van der Waals surface area contributed by atoms with Crippen molar-refractivity contribution in [3.05, 3.63) is 87.4 Å². The number of halogens is 1. The number of para-hydroxylation sites is 1. The number of aryl methyl sites for hydroxylation is 2. The van der Waals surface area contributed by atoms with Crippen molar-refractivity contribution in [2.45, 2.75) is 25.0 Å². The standard InChI is InChI=1S/C22H20FN5OS2/c1-14-5-3-6-15(2)21(14)28-22(25-26-27-28)31-13-19(29)24-20(18-7-4-12-30-18)16-8-10-17(23)11-9-16/h3-12,20H,13H2,1-2H3,(H,24,29)/t20-/m1/s1. The summed E-state index contributed by atoms with van der Waals surface area (Å²) in [7, 11) is 0. The normalized spacial score (nSPS) is 12.0. The summed E-state index contributed by atoms with van der Waals surface area (Å²) < 4.78 is 15.0. The van der Waals surface area contributed by atoms with Gasteiger partial charge in [-0.05, 0) is 64.5 Å². The van der Waals surface area contributed by atoms with Gasteiger partial charge in [0.15, 0.2) is 0 Å². The molecular weight excluding hydrogens is 433 g/mol. The second-order valence-electron chi connectivity index (χ2n) is 6.97. The van der Waals surface area contributed by atoms with E-state index in [0.717, 1.165) is 27.3 Å². The lowest BCUT2D eigenvalue weighted by Gasteiger charge is -2.18. The van der Waals surface area contributed by atoms with Crippen LogP contribution in [0.4, 0.5) is 4.39 Å². The largest absolute Gasteiger partial charge is 0.344 e. The Morgan fingerprint density at radius 2 is 1.87 bits per heavy atom. The number of thiophene rings is 1. The third kappa shape index (κ3) is 4.83. The average molecular weight is 454 g/mol. The molecule has 6 nitrogen and oxygen atoms in total. The summed E-state index contributed by atoms with van der Waals surface area (Å²) in [6.07, 6.45) is 0. The average Bonchev–Trinajstić information content (AvgIpc) is 3.44. The Hall–Kier alpha value is -3.04. The molecule has 1 amide bonds.